The van der Waals surface area contributed by atoms with Gasteiger partial charge >= 0.3 is 48.4 Å². The third kappa shape index (κ3) is 5.26. The molecule has 2 unspecified atom stereocenters. The Balaban J connectivity index is 3.77. The van der Waals surface area contributed by atoms with Crippen molar-refractivity contribution in [2.75, 3.05) is 5.73 Å². The molecule has 0 aliphatic heterocycles. The molecule has 0 saturated carbocycles. The van der Waals surface area contributed by atoms with Crippen molar-refractivity contribution in [3.8, 4) is 0 Å². The van der Waals surface area contributed by atoms with Crippen LogP contribution in [-0.4, -0.2) is 52.5 Å². The number of nitrogens with two attached hydrogens (primary N) is 1. The lowest BCUT2D eigenvalue weighted by Crippen LogP contribution is -2.67. The number of rotatable bonds is 7. The van der Waals surface area contributed by atoms with E-state index in [0.717, 1.165) is 0 Å². The SMILES string of the molecule is Cc1cc(C(F)(OC(F)(F)C(F)(OC(F)(F)C(F)(F)C(F)(F)F)C(F)(F)F)C(F)(F)F)nc(N)n1. The smallest absolute Gasteiger partial charge is 0.368 e. The van der Waals surface area contributed by atoms with Gasteiger partial charge in [0.2, 0.25) is 5.95 Å². The molecular weight excluding hydrogens is 553 g/mol. The highest BCUT2D eigenvalue weighted by molar-refractivity contribution is 5.25. The normalized spacial score (nSPS) is 18.2. The zero-order valence-electron chi connectivity index (χ0n) is 15.8. The zero-order valence-corrected chi connectivity index (χ0v) is 15.8. The molecule has 0 radical (unpaired) electrons. The number of nitrogen functional groups attached to an aromatic ring is 1. The number of hydrogen-bond donors (Lipinski definition) is 1. The summed E-state index contributed by atoms with van der Waals surface area (Å²) < 4.78 is 226. The van der Waals surface area contributed by atoms with Crippen LogP contribution >= 0.6 is 0 Å². The average molecular weight is 559 g/mol. The second kappa shape index (κ2) is 8.34. The van der Waals surface area contributed by atoms with Gasteiger partial charge in [-0.05, 0) is 13.0 Å². The van der Waals surface area contributed by atoms with Crippen molar-refractivity contribution in [2.45, 2.75) is 55.3 Å². The van der Waals surface area contributed by atoms with Gasteiger partial charge in [0.1, 0.15) is 5.69 Å². The molecule has 0 bridgehead atoms. The van der Waals surface area contributed by atoms with E-state index in [1.54, 1.807) is 0 Å². The van der Waals surface area contributed by atoms with E-state index in [9.17, 15) is 74.6 Å². The van der Waals surface area contributed by atoms with E-state index < -0.39 is 65.7 Å². The minimum absolute atomic E-state index is 0.263. The molecule has 2 N–H and O–H groups in total. The highest BCUT2D eigenvalue weighted by Crippen LogP contribution is 2.57. The maximum Gasteiger partial charge on any atom is 0.462 e. The predicted octanol–water partition coefficient (Wildman–Crippen LogP) is 5.70. The maximum atomic E-state index is 14.6. The van der Waals surface area contributed by atoms with E-state index in [2.05, 4.69) is 14.7 Å². The average Bonchev–Trinajstić information content (AvgIpc) is 2.56. The number of aryl methyl sites for hydroxylation is 1. The number of alkyl halides is 17. The molecule has 0 spiro atoms. The number of hydrogen-bond acceptors (Lipinski definition) is 5. The van der Waals surface area contributed by atoms with Gasteiger partial charge in [-0.3, -0.25) is 9.47 Å². The molecule has 0 saturated heterocycles. The van der Waals surface area contributed by atoms with Crippen molar-refractivity contribution in [1.82, 2.24) is 9.97 Å². The highest BCUT2D eigenvalue weighted by Gasteiger charge is 2.85. The third-order valence-electron chi connectivity index (χ3n) is 3.56. The van der Waals surface area contributed by atoms with Gasteiger partial charge in [-0.25, -0.2) is 9.97 Å². The van der Waals surface area contributed by atoms with Crippen LogP contribution in [0.3, 0.4) is 0 Å². The van der Waals surface area contributed by atoms with Crippen LogP contribution in [0.15, 0.2) is 6.07 Å². The van der Waals surface area contributed by atoms with E-state index in [1.807, 2.05) is 0 Å². The van der Waals surface area contributed by atoms with Gasteiger partial charge in [0.15, 0.2) is 0 Å². The van der Waals surface area contributed by atoms with Gasteiger partial charge in [0.05, 0.1) is 0 Å². The van der Waals surface area contributed by atoms with E-state index >= 15 is 0 Å². The third-order valence-corrected chi connectivity index (χ3v) is 3.56. The number of halogens is 17. The number of ether oxygens (including phenoxy) is 2. The lowest BCUT2D eigenvalue weighted by Gasteiger charge is -2.40. The first-order valence-electron chi connectivity index (χ1n) is 7.79. The van der Waals surface area contributed by atoms with E-state index in [4.69, 9.17) is 5.73 Å². The monoisotopic (exact) mass is 559 g/mol. The fourth-order valence-electron chi connectivity index (χ4n) is 1.94. The molecule has 0 aromatic carbocycles. The van der Waals surface area contributed by atoms with Crippen molar-refractivity contribution in [2.24, 2.45) is 0 Å². The van der Waals surface area contributed by atoms with Crippen molar-refractivity contribution in [1.29, 1.82) is 0 Å². The molecule has 5 nitrogen and oxygen atoms in total. The molecule has 35 heavy (non-hydrogen) atoms. The maximum absolute atomic E-state index is 14.6. The summed E-state index contributed by atoms with van der Waals surface area (Å²) in [6.45, 7) is 0.675. The largest absolute Gasteiger partial charge is 0.462 e. The van der Waals surface area contributed by atoms with Crippen molar-refractivity contribution in [3.05, 3.63) is 17.5 Å². The minimum atomic E-state index is -7.96. The molecule has 1 aromatic heterocycles. The number of aromatic nitrogens is 2. The molecule has 1 heterocycles. The Hall–Kier alpha value is -2.39. The molecule has 1 rings (SSSR count). The second-order valence-corrected chi connectivity index (χ2v) is 6.25. The predicted molar refractivity (Wildman–Crippen MR) is 73.0 cm³/mol. The lowest BCUT2D eigenvalue weighted by molar-refractivity contribution is -0.554. The Morgan fingerprint density at radius 1 is 0.629 bits per heavy atom. The lowest BCUT2D eigenvalue weighted by atomic mass is 10.1. The molecule has 0 fully saturated rings. The van der Waals surface area contributed by atoms with Crippen LogP contribution in [0.4, 0.5) is 80.6 Å². The molecule has 2 atom stereocenters. The van der Waals surface area contributed by atoms with Crippen molar-refractivity contribution < 1.29 is 84.1 Å². The van der Waals surface area contributed by atoms with Crippen LogP contribution in [0.2, 0.25) is 0 Å². The summed E-state index contributed by atoms with van der Waals surface area (Å²) in [4.78, 5) is 5.43. The van der Waals surface area contributed by atoms with E-state index in [-0.39, 0.29) is 6.07 Å². The van der Waals surface area contributed by atoms with Crippen LogP contribution < -0.4 is 5.73 Å². The fourth-order valence-corrected chi connectivity index (χ4v) is 1.94. The number of anilines is 1. The van der Waals surface area contributed by atoms with E-state index in [0.29, 0.717) is 6.92 Å². The van der Waals surface area contributed by atoms with Crippen LogP contribution in [0.5, 0.6) is 0 Å². The molecule has 0 amide bonds. The molecule has 0 aliphatic carbocycles. The molecular formula is C13H6F17N3O2. The topological polar surface area (TPSA) is 70.3 Å². The summed E-state index contributed by atoms with van der Waals surface area (Å²) >= 11 is 0. The fraction of sp³-hybridized carbons (Fsp3) is 0.692. The summed E-state index contributed by atoms with van der Waals surface area (Å²) in [6, 6.07) is -0.263. The molecule has 22 heteroatoms. The summed E-state index contributed by atoms with van der Waals surface area (Å²) in [5.74, 6) is -23.6. The van der Waals surface area contributed by atoms with Gasteiger partial charge in [0.25, 0.3) is 0 Å². The second-order valence-electron chi connectivity index (χ2n) is 6.25. The quantitative estimate of drug-likeness (QED) is 0.435. The molecule has 1 aromatic rings. The molecule has 0 aliphatic rings. The van der Waals surface area contributed by atoms with Gasteiger partial charge in [0, 0.05) is 5.69 Å². The Morgan fingerprint density at radius 3 is 1.43 bits per heavy atom. The van der Waals surface area contributed by atoms with Gasteiger partial charge < -0.3 is 5.73 Å². The Labute approximate surface area is 180 Å². The highest BCUT2D eigenvalue weighted by atomic mass is 19.4. The summed E-state index contributed by atoms with van der Waals surface area (Å²) in [7, 11) is 0. The van der Waals surface area contributed by atoms with Crippen LogP contribution in [0.25, 0.3) is 0 Å². The standard InChI is InChI=1S/C13H6F17N3O2/c1-3-2-4(33-5(31)32-3)6(14,9(18,19)20)34-13(29,30)8(17,11(24,25)26)35-12(27,28)7(15,16)10(21,22)23/h2H,1H3,(H2,31,32,33). The van der Waals surface area contributed by atoms with Crippen molar-refractivity contribution >= 4 is 5.95 Å². The first-order valence-corrected chi connectivity index (χ1v) is 7.79. The van der Waals surface area contributed by atoms with E-state index in [1.165, 1.54) is 4.74 Å². The van der Waals surface area contributed by atoms with Crippen molar-refractivity contribution in [3.63, 3.8) is 0 Å². The summed E-state index contributed by atoms with van der Waals surface area (Å²) in [6.07, 6.45) is -38.1. The Kier molecular flexibility index (Phi) is 7.30. The first kappa shape index (κ1) is 30.6. The Morgan fingerprint density at radius 2 is 1.09 bits per heavy atom. The number of nitrogens with zero attached hydrogens (tertiary/aromatic N) is 2. The minimum Gasteiger partial charge on any atom is -0.368 e. The van der Waals surface area contributed by atoms with Gasteiger partial charge in [-0.1, -0.05) is 0 Å². The zero-order chi connectivity index (χ0) is 28.3. The van der Waals surface area contributed by atoms with Crippen LogP contribution in [0, 0.1) is 6.92 Å². The summed E-state index contributed by atoms with van der Waals surface area (Å²) in [5, 5.41) is 0. The van der Waals surface area contributed by atoms with Crippen LogP contribution in [-0.2, 0) is 15.3 Å². The first-order chi connectivity index (χ1) is 15.1. The van der Waals surface area contributed by atoms with Crippen LogP contribution in [0.1, 0.15) is 11.4 Å². The van der Waals surface area contributed by atoms with Gasteiger partial charge in [-0.2, -0.15) is 74.6 Å². The Bertz CT molecular complexity index is 907. The van der Waals surface area contributed by atoms with Gasteiger partial charge in [-0.15, -0.1) is 0 Å². The molecule has 204 valence electrons. The summed E-state index contributed by atoms with van der Waals surface area (Å²) in [5.41, 5.74) is 1.47.